The first-order valence-corrected chi connectivity index (χ1v) is 5.46. The quantitative estimate of drug-likeness (QED) is 0.463. The molecule has 1 heterocycles. The van der Waals surface area contributed by atoms with Crippen LogP contribution in [0, 0.1) is 13.8 Å². The van der Waals surface area contributed by atoms with Crippen LogP contribution >= 0.6 is 0 Å². The first kappa shape index (κ1) is 13.2. The smallest absolute Gasteiger partial charge is 0.189 e. The molecule has 0 bridgehead atoms. The second kappa shape index (κ2) is 5.98. The summed E-state index contributed by atoms with van der Waals surface area (Å²) < 4.78 is 0. The van der Waals surface area contributed by atoms with Gasteiger partial charge in [-0.2, -0.15) is 0 Å². The van der Waals surface area contributed by atoms with E-state index in [4.69, 9.17) is 5.73 Å². The van der Waals surface area contributed by atoms with Crippen molar-refractivity contribution >= 4 is 5.96 Å². The van der Waals surface area contributed by atoms with E-state index in [9.17, 15) is 0 Å². The molecule has 17 heavy (non-hydrogen) atoms. The van der Waals surface area contributed by atoms with E-state index >= 15 is 0 Å². The molecule has 0 aliphatic heterocycles. The third-order valence-corrected chi connectivity index (χ3v) is 2.00. The number of nitrogens with one attached hydrogen (secondary N) is 1. The monoisotopic (exact) mass is 233 g/mol. The molecule has 0 saturated heterocycles. The fourth-order valence-electron chi connectivity index (χ4n) is 1.34. The van der Waals surface area contributed by atoms with Crippen LogP contribution in [0.15, 0.2) is 23.2 Å². The molecule has 0 aromatic carbocycles. The lowest BCUT2D eigenvalue weighted by atomic mass is 10.3. The van der Waals surface area contributed by atoms with Crippen LogP contribution in [0.5, 0.6) is 0 Å². The standard InChI is InChI=1S/C12H19N5/c1-8(2)6-14-12(13)15-7-11-5-9(3)16-10(4)17-11/h5H,1,6-7H2,2-4H3,(H3,13,14,15). The lowest BCUT2D eigenvalue weighted by molar-refractivity contribution is 0.886. The number of rotatable bonds is 4. The van der Waals surface area contributed by atoms with Crippen LogP contribution in [0.2, 0.25) is 0 Å². The van der Waals surface area contributed by atoms with Gasteiger partial charge < -0.3 is 11.1 Å². The summed E-state index contributed by atoms with van der Waals surface area (Å²) in [7, 11) is 0. The number of nitrogens with zero attached hydrogens (tertiary/aromatic N) is 3. The van der Waals surface area contributed by atoms with E-state index in [0.717, 1.165) is 22.8 Å². The Morgan fingerprint density at radius 3 is 2.76 bits per heavy atom. The van der Waals surface area contributed by atoms with Crippen LogP contribution in [-0.2, 0) is 6.54 Å². The Kier molecular flexibility index (Phi) is 4.63. The van der Waals surface area contributed by atoms with Crippen molar-refractivity contribution in [2.45, 2.75) is 27.3 Å². The first-order chi connectivity index (χ1) is 7.97. The van der Waals surface area contributed by atoms with E-state index < -0.39 is 0 Å². The predicted molar refractivity (Wildman–Crippen MR) is 69.6 cm³/mol. The molecule has 5 nitrogen and oxygen atoms in total. The van der Waals surface area contributed by atoms with Crippen molar-refractivity contribution in [2.75, 3.05) is 6.54 Å². The number of aliphatic imine (C=N–C) groups is 1. The van der Waals surface area contributed by atoms with Gasteiger partial charge in [0.25, 0.3) is 0 Å². The highest BCUT2D eigenvalue weighted by Crippen LogP contribution is 2.01. The molecule has 3 N–H and O–H groups in total. The Bertz CT molecular complexity index is 416. The van der Waals surface area contributed by atoms with Crippen LogP contribution < -0.4 is 11.1 Å². The van der Waals surface area contributed by atoms with Crippen molar-refractivity contribution in [3.63, 3.8) is 0 Å². The normalized spacial score (nSPS) is 11.4. The molecule has 0 atom stereocenters. The summed E-state index contributed by atoms with van der Waals surface area (Å²) in [6.45, 7) is 10.6. The molecule has 0 spiro atoms. The average molecular weight is 233 g/mol. The molecule has 1 aromatic heterocycles. The van der Waals surface area contributed by atoms with Gasteiger partial charge in [-0.3, -0.25) is 0 Å². The van der Waals surface area contributed by atoms with Crippen LogP contribution in [0.3, 0.4) is 0 Å². The van der Waals surface area contributed by atoms with E-state index in [1.54, 1.807) is 0 Å². The zero-order chi connectivity index (χ0) is 12.8. The van der Waals surface area contributed by atoms with Gasteiger partial charge in [0.2, 0.25) is 0 Å². The molecule has 0 radical (unpaired) electrons. The van der Waals surface area contributed by atoms with E-state index in [-0.39, 0.29) is 0 Å². The molecular weight excluding hydrogens is 214 g/mol. The van der Waals surface area contributed by atoms with Crippen LogP contribution in [0.1, 0.15) is 24.1 Å². The minimum absolute atomic E-state index is 0.405. The molecular formula is C12H19N5. The Morgan fingerprint density at radius 2 is 2.18 bits per heavy atom. The molecule has 0 aliphatic carbocycles. The molecule has 1 rings (SSSR count). The second-order valence-electron chi connectivity index (χ2n) is 4.06. The molecule has 0 saturated carbocycles. The SMILES string of the molecule is C=C(C)CNC(N)=NCc1cc(C)nc(C)n1. The largest absolute Gasteiger partial charge is 0.370 e. The highest BCUT2D eigenvalue weighted by Gasteiger charge is 1.98. The lowest BCUT2D eigenvalue weighted by Crippen LogP contribution is -2.32. The van der Waals surface area contributed by atoms with Gasteiger partial charge in [0.15, 0.2) is 5.96 Å². The van der Waals surface area contributed by atoms with Crippen molar-refractivity contribution in [3.8, 4) is 0 Å². The Hall–Kier alpha value is -1.91. The zero-order valence-corrected chi connectivity index (χ0v) is 10.6. The summed E-state index contributed by atoms with van der Waals surface area (Å²) >= 11 is 0. The molecule has 0 amide bonds. The second-order valence-corrected chi connectivity index (χ2v) is 4.06. The van der Waals surface area contributed by atoms with Crippen molar-refractivity contribution in [2.24, 2.45) is 10.7 Å². The zero-order valence-electron chi connectivity index (χ0n) is 10.6. The van der Waals surface area contributed by atoms with Crippen LogP contribution in [0.4, 0.5) is 0 Å². The van der Waals surface area contributed by atoms with E-state index in [1.807, 2.05) is 26.8 Å². The molecule has 5 heteroatoms. The summed E-state index contributed by atoms with van der Waals surface area (Å²) in [5.74, 6) is 1.16. The maximum absolute atomic E-state index is 5.70. The molecule has 0 fully saturated rings. The van der Waals surface area contributed by atoms with E-state index in [0.29, 0.717) is 19.0 Å². The fourth-order valence-corrected chi connectivity index (χ4v) is 1.34. The Labute approximate surface area is 102 Å². The van der Waals surface area contributed by atoms with Gasteiger partial charge in [-0.15, -0.1) is 0 Å². The molecule has 0 aliphatic rings. The molecule has 0 unspecified atom stereocenters. The third kappa shape index (κ3) is 5.10. The van der Waals surface area contributed by atoms with Gasteiger partial charge in [-0.25, -0.2) is 15.0 Å². The lowest BCUT2D eigenvalue weighted by Gasteiger charge is -2.05. The van der Waals surface area contributed by atoms with Crippen molar-refractivity contribution in [1.29, 1.82) is 0 Å². The highest BCUT2D eigenvalue weighted by atomic mass is 15.1. The van der Waals surface area contributed by atoms with Crippen molar-refractivity contribution < 1.29 is 0 Å². The maximum atomic E-state index is 5.70. The van der Waals surface area contributed by atoms with Gasteiger partial charge in [0, 0.05) is 12.2 Å². The summed E-state index contributed by atoms with van der Waals surface area (Å²) in [6.07, 6.45) is 0. The first-order valence-electron chi connectivity index (χ1n) is 5.46. The number of aromatic nitrogens is 2. The van der Waals surface area contributed by atoms with Gasteiger partial charge in [-0.1, -0.05) is 12.2 Å². The predicted octanol–water partition coefficient (Wildman–Crippen LogP) is 1.07. The summed E-state index contributed by atoms with van der Waals surface area (Å²) in [5.41, 5.74) is 8.52. The minimum Gasteiger partial charge on any atom is -0.370 e. The molecule has 92 valence electrons. The number of guanidine groups is 1. The van der Waals surface area contributed by atoms with E-state index in [1.165, 1.54) is 0 Å². The van der Waals surface area contributed by atoms with Gasteiger partial charge in [0.1, 0.15) is 5.82 Å². The van der Waals surface area contributed by atoms with Crippen molar-refractivity contribution in [1.82, 2.24) is 15.3 Å². The summed E-state index contributed by atoms with van der Waals surface area (Å²) in [6, 6.07) is 1.91. The van der Waals surface area contributed by atoms with Crippen molar-refractivity contribution in [3.05, 3.63) is 35.4 Å². The summed E-state index contributed by atoms with van der Waals surface area (Å²) in [4.78, 5) is 12.7. The summed E-state index contributed by atoms with van der Waals surface area (Å²) in [5, 5.41) is 2.97. The van der Waals surface area contributed by atoms with Gasteiger partial charge in [0.05, 0.1) is 12.2 Å². The Balaban J connectivity index is 2.59. The van der Waals surface area contributed by atoms with Crippen LogP contribution in [-0.4, -0.2) is 22.5 Å². The number of hydrogen-bond donors (Lipinski definition) is 2. The Morgan fingerprint density at radius 1 is 1.47 bits per heavy atom. The van der Waals surface area contributed by atoms with Gasteiger partial charge >= 0.3 is 0 Å². The van der Waals surface area contributed by atoms with Gasteiger partial charge in [-0.05, 0) is 26.8 Å². The number of aryl methyl sites for hydroxylation is 2. The highest BCUT2D eigenvalue weighted by molar-refractivity contribution is 5.77. The topological polar surface area (TPSA) is 76.2 Å². The van der Waals surface area contributed by atoms with E-state index in [2.05, 4.69) is 26.9 Å². The number of nitrogens with two attached hydrogens (primary N) is 1. The maximum Gasteiger partial charge on any atom is 0.189 e. The average Bonchev–Trinajstić information content (AvgIpc) is 2.22. The minimum atomic E-state index is 0.405. The number of hydrogen-bond acceptors (Lipinski definition) is 3. The molecule has 1 aromatic rings. The third-order valence-electron chi connectivity index (χ3n) is 2.00. The van der Waals surface area contributed by atoms with Crippen LogP contribution in [0.25, 0.3) is 0 Å². The fraction of sp³-hybridized carbons (Fsp3) is 0.417.